The predicted octanol–water partition coefficient (Wildman–Crippen LogP) is 3.18. The van der Waals surface area contributed by atoms with E-state index in [0.717, 1.165) is 12.1 Å². The Bertz CT molecular complexity index is 721. The third kappa shape index (κ3) is 2.12. The van der Waals surface area contributed by atoms with Gasteiger partial charge in [-0.05, 0) is 24.6 Å². The van der Waals surface area contributed by atoms with Crippen molar-refractivity contribution in [1.82, 2.24) is 20.2 Å². The van der Waals surface area contributed by atoms with Crippen LogP contribution in [0.1, 0.15) is 5.56 Å². The van der Waals surface area contributed by atoms with Crippen molar-refractivity contribution in [1.29, 1.82) is 0 Å². The highest BCUT2D eigenvalue weighted by Crippen LogP contribution is 2.29. The smallest absolute Gasteiger partial charge is 0.184 e. The van der Waals surface area contributed by atoms with Crippen LogP contribution in [0.15, 0.2) is 23.8 Å². The summed E-state index contributed by atoms with van der Waals surface area (Å²) in [6.45, 7) is 1.52. The average Bonchev–Trinajstić information content (AvgIpc) is 3.03. The van der Waals surface area contributed by atoms with Gasteiger partial charge in [-0.15, -0.1) is 11.3 Å². The maximum absolute atomic E-state index is 13.8. The molecule has 96 valence electrons. The summed E-state index contributed by atoms with van der Waals surface area (Å²) in [5.41, 5.74) is 0.796. The van der Waals surface area contributed by atoms with Crippen LogP contribution < -0.4 is 0 Å². The molecule has 19 heavy (non-hydrogen) atoms. The summed E-state index contributed by atoms with van der Waals surface area (Å²) in [6.07, 6.45) is 1.36. The molecular formula is C12H8F2N4S. The van der Waals surface area contributed by atoms with E-state index in [2.05, 4.69) is 20.2 Å². The second-order valence-corrected chi connectivity index (χ2v) is 4.81. The molecule has 2 heterocycles. The van der Waals surface area contributed by atoms with Gasteiger partial charge in [0.15, 0.2) is 10.8 Å². The zero-order valence-corrected chi connectivity index (χ0v) is 10.6. The van der Waals surface area contributed by atoms with Gasteiger partial charge >= 0.3 is 0 Å². The largest absolute Gasteiger partial charge is 0.257 e. The summed E-state index contributed by atoms with van der Waals surface area (Å²) in [5, 5.41) is 8.63. The van der Waals surface area contributed by atoms with E-state index in [1.807, 2.05) is 0 Å². The minimum absolute atomic E-state index is 0.144. The van der Waals surface area contributed by atoms with E-state index in [9.17, 15) is 8.78 Å². The fraction of sp³-hybridized carbons (Fsp3) is 0.0833. The van der Waals surface area contributed by atoms with E-state index in [1.54, 1.807) is 5.38 Å². The Labute approximate surface area is 111 Å². The highest BCUT2D eigenvalue weighted by molar-refractivity contribution is 7.13. The van der Waals surface area contributed by atoms with Crippen LogP contribution in [0, 0.1) is 18.6 Å². The standard InChI is InChI=1S/C12H8F2N4S/c1-6-2-9(14)7(3-8(6)13)10-4-19-12(17-10)11-15-5-16-18-11/h2-5H,1H3,(H,15,16,18). The molecular weight excluding hydrogens is 270 g/mol. The van der Waals surface area contributed by atoms with Crippen molar-refractivity contribution >= 4 is 11.3 Å². The molecule has 1 aromatic carbocycles. The number of thiazole rings is 1. The average molecular weight is 278 g/mol. The van der Waals surface area contributed by atoms with Crippen molar-refractivity contribution in [3.8, 4) is 22.1 Å². The number of aromatic amines is 1. The van der Waals surface area contributed by atoms with Crippen LogP contribution in [0.3, 0.4) is 0 Å². The van der Waals surface area contributed by atoms with Gasteiger partial charge in [0.25, 0.3) is 0 Å². The maximum atomic E-state index is 13.8. The van der Waals surface area contributed by atoms with Gasteiger partial charge in [0, 0.05) is 10.9 Å². The topological polar surface area (TPSA) is 54.5 Å². The van der Waals surface area contributed by atoms with Crippen LogP contribution in [0.5, 0.6) is 0 Å². The first-order valence-corrected chi connectivity index (χ1v) is 6.30. The molecule has 7 heteroatoms. The van der Waals surface area contributed by atoms with Crippen LogP contribution in [-0.2, 0) is 0 Å². The molecule has 1 N–H and O–H groups in total. The monoisotopic (exact) mass is 278 g/mol. The van der Waals surface area contributed by atoms with Gasteiger partial charge in [-0.2, -0.15) is 5.10 Å². The predicted molar refractivity (Wildman–Crippen MR) is 67.6 cm³/mol. The fourth-order valence-electron chi connectivity index (χ4n) is 1.66. The van der Waals surface area contributed by atoms with E-state index in [1.165, 1.54) is 24.6 Å². The lowest BCUT2D eigenvalue weighted by Crippen LogP contribution is -1.91. The number of aromatic nitrogens is 4. The van der Waals surface area contributed by atoms with Crippen molar-refractivity contribution in [2.75, 3.05) is 0 Å². The molecule has 0 aliphatic heterocycles. The number of halogens is 2. The number of nitrogens with zero attached hydrogens (tertiary/aromatic N) is 3. The van der Waals surface area contributed by atoms with Crippen LogP contribution in [0.4, 0.5) is 8.78 Å². The minimum atomic E-state index is -0.492. The van der Waals surface area contributed by atoms with Crippen LogP contribution in [0.2, 0.25) is 0 Å². The quantitative estimate of drug-likeness (QED) is 0.783. The Hall–Kier alpha value is -2.15. The number of aryl methyl sites for hydroxylation is 1. The van der Waals surface area contributed by atoms with Crippen molar-refractivity contribution in [3.05, 3.63) is 41.0 Å². The Morgan fingerprint density at radius 3 is 2.79 bits per heavy atom. The molecule has 2 aromatic heterocycles. The van der Waals surface area contributed by atoms with Crippen LogP contribution >= 0.6 is 11.3 Å². The third-order valence-corrected chi connectivity index (χ3v) is 3.50. The van der Waals surface area contributed by atoms with Crippen LogP contribution in [0.25, 0.3) is 22.1 Å². The zero-order valence-electron chi connectivity index (χ0n) is 9.82. The molecule has 0 aliphatic rings. The van der Waals surface area contributed by atoms with Crippen LogP contribution in [-0.4, -0.2) is 20.2 Å². The number of hydrogen-bond acceptors (Lipinski definition) is 4. The summed E-state index contributed by atoms with van der Waals surface area (Å²) in [5.74, 6) is -0.442. The number of hydrogen-bond donors (Lipinski definition) is 1. The molecule has 3 aromatic rings. The third-order valence-electron chi connectivity index (χ3n) is 2.65. The second-order valence-electron chi connectivity index (χ2n) is 3.95. The maximum Gasteiger partial charge on any atom is 0.184 e. The molecule has 0 unspecified atom stereocenters. The molecule has 0 fully saturated rings. The lowest BCUT2D eigenvalue weighted by Gasteiger charge is -2.02. The lowest BCUT2D eigenvalue weighted by molar-refractivity contribution is 0.595. The highest BCUT2D eigenvalue weighted by atomic mass is 32.1. The number of H-pyrrole nitrogens is 1. The van der Waals surface area contributed by atoms with Crippen molar-refractivity contribution in [2.24, 2.45) is 0 Å². The van der Waals surface area contributed by atoms with Gasteiger partial charge < -0.3 is 0 Å². The molecule has 0 amide bonds. The normalized spacial score (nSPS) is 10.9. The Morgan fingerprint density at radius 2 is 2.05 bits per heavy atom. The zero-order chi connectivity index (χ0) is 13.4. The molecule has 0 spiro atoms. The molecule has 3 rings (SSSR count). The molecule has 4 nitrogen and oxygen atoms in total. The lowest BCUT2D eigenvalue weighted by atomic mass is 10.1. The Kier molecular flexibility index (Phi) is 2.83. The molecule has 0 atom stereocenters. The fourth-order valence-corrected chi connectivity index (χ4v) is 2.42. The summed E-state index contributed by atoms with van der Waals surface area (Å²) in [4.78, 5) is 8.19. The van der Waals surface area contributed by atoms with Crippen molar-refractivity contribution < 1.29 is 8.78 Å². The van der Waals surface area contributed by atoms with Crippen molar-refractivity contribution in [3.63, 3.8) is 0 Å². The Morgan fingerprint density at radius 1 is 1.21 bits per heavy atom. The van der Waals surface area contributed by atoms with Gasteiger partial charge in [0.1, 0.15) is 18.0 Å². The first-order valence-electron chi connectivity index (χ1n) is 5.42. The number of rotatable bonds is 2. The van der Waals surface area contributed by atoms with E-state index in [0.29, 0.717) is 16.5 Å². The molecule has 0 aliphatic carbocycles. The summed E-state index contributed by atoms with van der Waals surface area (Å²) < 4.78 is 27.3. The van der Waals surface area contributed by atoms with E-state index < -0.39 is 11.6 Å². The minimum Gasteiger partial charge on any atom is -0.257 e. The summed E-state index contributed by atoms with van der Waals surface area (Å²) >= 11 is 1.29. The Balaban J connectivity index is 2.06. The van der Waals surface area contributed by atoms with E-state index in [4.69, 9.17) is 0 Å². The number of nitrogens with one attached hydrogen (secondary N) is 1. The van der Waals surface area contributed by atoms with Gasteiger partial charge in [-0.25, -0.2) is 18.7 Å². The molecule has 0 radical (unpaired) electrons. The van der Waals surface area contributed by atoms with E-state index in [-0.39, 0.29) is 11.1 Å². The first kappa shape index (κ1) is 11.9. The van der Waals surface area contributed by atoms with Gasteiger partial charge in [0.2, 0.25) is 0 Å². The first-order chi connectivity index (χ1) is 9.15. The molecule has 0 bridgehead atoms. The van der Waals surface area contributed by atoms with Gasteiger partial charge in [0.05, 0.1) is 5.69 Å². The SMILES string of the molecule is Cc1cc(F)c(-c2csc(-c3ncn[nH]3)n2)cc1F. The highest BCUT2D eigenvalue weighted by Gasteiger charge is 2.14. The van der Waals surface area contributed by atoms with Crippen molar-refractivity contribution in [2.45, 2.75) is 6.92 Å². The number of benzene rings is 1. The second kappa shape index (κ2) is 4.51. The molecule has 0 saturated carbocycles. The summed E-state index contributed by atoms with van der Waals surface area (Å²) in [7, 11) is 0. The molecule has 0 saturated heterocycles. The van der Waals surface area contributed by atoms with Gasteiger partial charge in [-0.3, -0.25) is 5.10 Å². The van der Waals surface area contributed by atoms with E-state index >= 15 is 0 Å². The summed E-state index contributed by atoms with van der Waals surface area (Å²) in [6, 6.07) is 2.32. The van der Waals surface area contributed by atoms with Gasteiger partial charge in [-0.1, -0.05) is 0 Å².